The molecule has 0 unspecified atom stereocenters. The first-order chi connectivity index (χ1) is 28.8. The fourth-order valence-corrected chi connectivity index (χ4v) is 9.09. The lowest BCUT2D eigenvalue weighted by Crippen LogP contribution is -2.11. The minimum Gasteiger partial charge on any atom is -0.456 e. The maximum atomic E-state index is 6.79. The van der Waals surface area contributed by atoms with Crippen molar-refractivity contribution in [1.29, 1.82) is 0 Å². The monoisotopic (exact) mass is 762 g/mol. The van der Waals surface area contributed by atoms with Crippen LogP contribution in [0.5, 0.6) is 0 Å². The second kappa shape index (κ2) is 13.4. The SMILES string of the molecule is Cc1cccc(N(c2ccccc2)c2ccc3cc4c(cc3c2)oc2c(C)c3c(cc24)oc2cc4cc(N(c5ccccc5)c5cccc(C)c5C)ccc4cc23)c1C. The topological polar surface area (TPSA) is 32.8 Å². The summed E-state index contributed by atoms with van der Waals surface area (Å²) in [6, 6.07) is 58.8. The van der Waals surface area contributed by atoms with Gasteiger partial charge in [-0.1, -0.05) is 72.8 Å². The predicted molar refractivity (Wildman–Crippen MR) is 249 cm³/mol. The van der Waals surface area contributed by atoms with Gasteiger partial charge in [0.25, 0.3) is 0 Å². The molecule has 11 aromatic rings. The fourth-order valence-electron chi connectivity index (χ4n) is 9.09. The lowest BCUT2D eigenvalue weighted by Gasteiger charge is -2.28. The van der Waals surface area contributed by atoms with E-state index >= 15 is 0 Å². The molecule has 4 heteroatoms. The third kappa shape index (κ3) is 5.59. The lowest BCUT2D eigenvalue weighted by atomic mass is 9.99. The van der Waals surface area contributed by atoms with Gasteiger partial charge in [0, 0.05) is 61.2 Å². The van der Waals surface area contributed by atoms with Gasteiger partial charge in [-0.15, -0.1) is 0 Å². The molecule has 0 amide bonds. The molecule has 0 bridgehead atoms. The quantitative estimate of drug-likeness (QED) is 0.169. The zero-order chi connectivity index (χ0) is 39.9. The van der Waals surface area contributed by atoms with Crippen LogP contribution in [0.15, 0.2) is 173 Å². The zero-order valence-corrected chi connectivity index (χ0v) is 33.8. The van der Waals surface area contributed by atoms with Crippen LogP contribution < -0.4 is 9.80 Å². The number of fused-ring (bicyclic) bond motifs is 8. The van der Waals surface area contributed by atoms with E-state index < -0.39 is 0 Å². The van der Waals surface area contributed by atoms with Crippen LogP contribution in [0.2, 0.25) is 0 Å². The zero-order valence-electron chi connectivity index (χ0n) is 33.8. The molecule has 0 aliphatic carbocycles. The molecule has 2 heterocycles. The van der Waals surface area contributed by atoms with Crippen LogP contribution in [0.25, 0.3) is 65.4 Å². The van der Waals surface area contributed by atoms with Gasteiger partial charge in [-0.2, -0.15) is 0 Å². The van der Waals surface area contributed by atoms with Gasteiger partial charge in [0.15, 0.2) is 0 Å². The van der Waals surface area contributed by atoms with E-state index in [0.29, 0.717) is 0 Å². The van der Waals surface area contributed by atoms with Gasteiger partial charge in [0.1, 0.15) is 22.3 Å². The molecule has 4 nitrogen and oxygen atoms in total. The van der Waals surface area contributed by atoms with Gasteiger partial charge in [0.05, 0.1) is 0 Å². The van der Waals surface area contributed by atoms with Gasteiger partial charge in [-0.3, -0.25) is 0 Å². The number of para-hydroxylation sites is 2. The molecule has 2 aromatic heterocycles. The second-order valence-electron chi connectivity index (χ2n) is 16.0. The Morgan fingerprint density at radius 3 is 1.39 bits per heavy atom. The predicted octanol–water partition coefficient (Wildman–Crippen LogP) is 16.3. The summed E-state index contributed by atoms with van der Waals surface area (Å²) in [6.07, 6.45) is 0. The summed E-state index contributed by atoms with van der Waals surface area (Å²) in [7, 11) is 0. The summed E-state index contributed by atoms with van der Waals surface area (Å²) < 4.78 is 13.5. The van der Waals surface area contributed by atoms with E-state index in [4.69, 9.17) is 8.83 Å². The van der Waals surface area contributed by atoms with Crippen LogP contribution in [0, 0.1) is 34.6 Å². The molecule has 9 aromatic carbocycles. The van der Waals surface area contributed by atoms with E-state index in [1.807, 2.05) is 0 Å². The van der Waals surface area contributed by atoms with Crippen molar-refractivity contribution in [2.75, 3.05) is 9.80 Å². The number of hydrogen-bond donors (Lipinski definition) is 0. The highest BCUT2D eigenvalue weighted by atomic mass is 16.3. The van der Waals surface area contributed by atoms with E-state index in [0.717, 1.165) is 93.7 Å². The molecule has 0 aliphatic rings. The molecule has 284 valence electrons. The van der Waals surface area contributed by atoms with Crippen molar-refractivity contribution >= 4 is 99.5 Å². The molecule has 0 radical (unpaired) electrons. The molecule has 0 aliphatic heterocycles. The molecule has 0 fully saturated rings. The summed E-state index contributed by atoms with van der Waals surface area (Å²) in [5.41, 5.74) is 16.4. The van der Waals surface area contributed by atoms with E-state index in [1.54, 1.807) is 0 Å². The standard InChI is InChI=1S/C55H42N2O2/c1-33-14-12-20-49(35(33)3)56(42-16-8-6-9-17-42)44-24-22-38-28-46-47-32-53-54(37(5)55(47)59-51(46)30-40(38)26-44)48-29-39-23-25-45(27-41(39)31-52(48)58-53)57(43-18-10-7-11-19-43)50-21-13-15-34(2)36(50)4/h6-32H,1-5H3. The van der Waals surface area contributed by atoms with E-state index in [9.17, 15) is 0 Å². The highest BCUT2D eigenvalue weighted by Crippen LogP contribution is 2.45. The van der Waals surface area contributed by atoms with Crippen molar-refractivity contribution in [3.8, 4) is 0 Å². The van der Waals surface area contributed by atoms with Crippen molar-refractivity contribution in [1.82, 2.24) is 0 Å². The first-order valence-corrected chi connectivity index (χ1v) is 20.3. The Morgan fingerprint density at radius 1 is 0.339 bits per heavy atom. The van der Waals surface area contributed by atoms with Crippen LogP contribution in [0.1, 0.15) is 27.8 Å². The van der Waals surface area contributed by atoms with Gasteiger partial charge >= 0.3 is 0 Å². The van der Waals surface area contributed by atoms with E-state index in [-0.39, 0.29) is 0 Å². The largest absolute Gasteiger partial charge is 0.456 e. The minimum absolute atomic E-state index is 0.868. The minimum atomic E-state index is 0.868. The first kappa shape index (κ1) is 34.9. The number of anilines is 6. The third-order valence-electron chi connectivity index (χ3n) is 12.5. The maximum Gasteiger partial charge on any atom is 0.139 e. The first-order valence-electron chi connectivity index (χ1n) is 20.3. The van der Waals surface area contributed by atoms with Crippen molar-refractivity contribution in [2.24, 2.45) is 0 Å². The van der Waals surface area contributed by atoms with Crippen LogP contribution in [0.3, 0.4) is 0 Å². The third-order valence-corrected chi connectivity index (χ3v) is 12.5. The van der Waals surface area contributed by atoms with Crippen molar-refractivity contribution in [3.05, 3.63) is 192 Å². The molecule has 11 rings (SSSR count). The van der Waals surface area contributed by atoms with Gasteiger partial charge in [-0.05, 0) is 169 Å². The molecular formula is C55H42N2O2. The molecule has 0 N–H and O–H groups in total. The molecule has 0 spiro atoms. The van der Waals surface area contributed by atoms with E-state index in [2.05, 4.69) is 208 Å². The van der Waals surface area contributed by atoms with Crippen LogP contribution >= 0.6 is 0 Å². The second-order valence-corrected chi connectivity index (χ2v) is 16.0. The highest BCUT2D eigenvalue weighted by molar-refractivity contribution is 6.20. The Balaban J connectivity index is 1.03. The fraction of sp³-hybridized carbons (Fsp3) is 0.0909. The van der Waals surface area contributed by atoms with Gasteiger partial charge in [0.2, 0.25) is 0 Å². The Hall–Kier alpha value is -7.30. The van der Waals surface area contributed by atoms with Gasteiger partial charge in [-0.25, -0.2) is 0 Å². The lowest BCUT2D eigenvalue weighted by molar-refractivity contribution is 0.662. The summed E-state index contributed by atoms with van der Waals surface area (Å²) >= 11 is 0. The molecule has 0 saturated heterocycles. The Kier molecular flexibility index (Phi) is 7.92. The normalized spacial score (nSPS) is 11.8. The smallest absolute Gasteiger partial charge is 0.139 e. The van der Waals surface area contributed by atoms with Crippen molar-refractivity contribution in [3.63, 3.8) is 0 Å². The number of benzene rings is 9. The highest BCUT2D eigenvalue weighted by Gasteiger charge is 2.21. The summed E-state index contributed by atoms with van der Waals surface area (Å²) in [5, 5.41) is 8.91. The van der Waals surface area contributed by atoms with Crippen LogP contribution in [-0.4, -0.2) is 0 Å². The average molecular weight is 763 g/mol. The average Bonchev–Trinajstić information content (AvgIpc) is 3.80. The Bertz CT molecular complexity index is 3340. The number of nitrogens with zero attached hydrogens (tertiary/aromatic N) is 2. The van der Waals surface area contributed by atoms with E-state index in [1.165, 1.54) is 33.6 Å². The van der Waals surface area contributed by atoms with Crippen LogP contribution in [-0.2, 0) is 0 Å². The Labute approximate surface area is 343 Å². The molecule has 0 atom stereocenters. The van der Waals surface area contributed by atoms with Crippen molar-refractivity contribution < 1.29 is 8.83 Å². The summed E-state index contributed by atoms with van der Waals surface area (Å²) in [4.78, 5) is 4.70. The van der Waals surface area contributed by atoms with Crippen molar-refractivity contribution in [2.45, 2.75) is 34.6 Å². The summed E-state index contributed by atoms with van der Waals surface area (Å²) in [5.74, 6) is 0. The maximum absolute atomic E-state index is 6.79. The molecule has 0 saturated carbocycles. The van der Waals surface area contributed by atoms with Crippen LogP contribution in [0.4, 0.5) is 34.1 Å². The number of aryl methyl sites for hydroxylation is 3. The Morgan fingerprint density at radius 2 is 0.847 bits per heavy atom. The van der Waals surface area contributed by atoms with Gasteiger partial charge < -0.3 is 18.6 Å². The summed E-state index contributed by atoms with van der Waals surface area (Å²) in [6.45, 7) is 10.9. The number of hydrogen-bond acceptors (Lipinski definition) is 4. The number of furan rings is 2. The molecule has 59 heavy (non-hydrogen) atoms. The number of rotatable bonds is 6. The molecular weight excluding hydrogens is 721 g/mol.